The normalized spacial score (nSPS) is 14.7. The van der Waals surface area contributed by atoms with Gasteiger partial charge in [0, 0.05) is 48.7 Å². The first kappa shape index (κ1) is 23.2. The van der Waals surface area contributed by atoms with Crippen molar-refractivity contribution in [1.82, 2.24) is 19.8 Å². The molecule has 4 aromatic rings. The van der Waals surface area contributed by atoms with Gasteiger partial charge in [-0.2, -0.15) is 0 Å². The summed E-state index contributed by atoms with van der Waals surface area (Å²) in [6.07, 6.45) is 3.66. The number of hydrogen-bond acceptors (Lipinski definition) is 5. The molecule has 6 nitrogen and oxygen atoms in total. The summed E-state index contributed by atoms with van der Waals surface area (Å²) in [5.74, 6) is 0.610. The van der Waals surface area contributed by atoms with Gasteiger partial charge in [0.05, 0.1) is 5.52 Å². The van der Waals surface area contributed by atoms with Crippen molar-refractivity contribution in [2.24, 2.45) is 0 Å². The molecule has 35 heavy (non-hydrogen) atoms. The molecule has 180 valence electrons. The minimum atomic E-state index is 0.141. The number of rotatable bonds is 5. The van der Waals surface area contributed by atoms with Crippen LogP contribution in [-0.4, -0.2) is 58.4 Å². The minimum Gasteiger partial charge on any atom is -0.382 e. The average molecular weight is 468 g/mol. The van der Waals surface area contributed by atoms with Crippen LogP contribution in [0, 0.1) is 13.8 Å². The highest BCUT2D eigenvalue weighted by atomic mass is 16.2. The largest absolute Gasteiger partial charge is 0.382 e. The van der Waals surface area contributed by atoms with E-state index >= 15 is 0 Å². The van der Waals surface area contributed by atoms with Crippen LogP contribution < -0.4 is 5.73 Å². The van der Waals surface area contributed by atoms with E-state index in [-0.39, 0.29) is 5.91 Å². The molecule has 5 rings (SSSR count). The summed E-state index contributed by atoms with van der Waals surface area (Å²) in [5, 5.41) is 2.12. The highest BCUT2D eigenvalue weighted by Crippen LogP contribution is 2.28. The zero-order chi connectivity index (χ0) is 24.5. The van der Waals surface area contributed by atoms with E-state index in [0.29, 0.717) is 5.82 Å². The number of fused-ring (bicyclic) bond motifs is 3. The van der Waals surface area contributed by atoms with Crippen molar-refractivity contribution in [3.05, 3.63) is 76.5 Å². The number of benzene rings is 2. The molecule has 0 aliphatic carbocycles. The van der Waals surface area contributed by atoms with Crippen LogP contribution in [0.3, 0.4) is 0 Å². The third-order valence-corrected chi connectivity index (χ3v) is 7.25. The number of carbonyl (C=O) groups is 1. The summed E-state index contributed by atoms with van der Waals surface area (Å²) >= 11 is 0. The molecule has 1 amide bonds. The van der Waals surface area contributed by atoms with E-state index in [2.05, 4.69) is 66.0 Å². The molecule has 2 aromatic carbocycles. The molecule has 2 aromatic heterocycles. The number of hydrogen-bond donors (Lipinski definition) is 1. The number of carbonyl (C=O) groups excluding carboxylic acids is 1. The molecule has 3 heterocycles. The molecule has 1 aliphatic rings. The number of nitrogens with two attached hydrogens (primary N) is 1. The lowest BCUT2D eigenvalue weighted by Crippen LogP contribution is -2.48. The highest BCUT2D eigenvalue weighted by molar-refractivity contribution is 6.08. The number of aryl methyl sites for hydroxylation is 4. The van der Waals surface area contributed by atoms with Gasteiger partial charge in [0.1, 0.15) is 5.52 Å². The lowest BCUT2D eigenvalue weighted by molar-refractivity contribution is 0.0643. The lowest BCUT2D eigenvalue weighted by Gasteiger charge is -2.34. The molecular formula is C29H33N5O. The number of anilines is 1. The second kappa shape index (κ2) is 9.62. The summed E-state index contributed by atoms with van der Waals surface area (Å²) in [4.78, 5) is 26.6. The van der Waals surface area contributed by atoms with Crippen LogP contribution in [-0.2, 0) is 12.8 Å². The maximum Gasteiger partial charge on any atom is 0.253 e. The van der Waals surface area contributed by atoms with Gasteiger partial charge in [0.25, 0.3) is 5.91 Å². The van der Waals surface area contributed by atoms with Crippen molar-refractivity contribution in [1.29, 1.82) is 0 Å². The maximum absolute atomic E-state index is 13.0. The summed E-state index contributed by atoms with van der Waals surface area (Å²) in [5.41, 5.74) is 13.4. The molecule has 6 heteroatoms. The first-order valence-electron chi connectivity index (χ1n) is 12.5. The Morgan fingerprint density at radius 1 is 0.971 bits per heavy atom. The van der Waals surface area contributed by atoms with Crippen LogP contribution in [0.2, 0.25) is 0 Å². The Kier molecular flexibility index (Phi) is 6.39. The van der Waals surface area contributed by atoms with E-state index in [0.717, 1.165) is 84.1 Å². The Bertz CT molecular complexity index is 1410. The third kappa shape index (κ3) is 4.71. The van der Waals surface area contributed by atoms with E-state index < -0.39 is 0 Å². The van der Waals surface area contributed by atoms with Crippen LogP contribution in [0.5, 0.6) is 0 Å². The summed E-state index contributed by atoms with van der Waals surface area (Å²) in [6, 6.07) is 14.6. The molecule has 0 atom stereocenters. The second-order valence-electron chi connectivity index (χ2n) is 9.63. The Morgan fingerprint density at radius 2 is 1.77 bits per heavy atom. The molecule has 0 saturated carbocycles. The molecular weight excluding hydrogens is 434 g/mol. The predicted octanol–water partition coefficient (Wildman–Crippen LogP) is 4.54. The standard InChI is InChI=1S/C29H33N5O/c1-4-33-11-13-34(14-12-33)29(35)23-9-8-22(20(3)16-23)7-6-21-17-25-24-10-5-19(2)15-26(24)32-28(30)27(25)31-18-21/h5,8-10,15-18H,4,6-7,11-14H2,1-3H3,(H2,30,32). The van der Waals surface area contributed by atoms with Crippen molar-refractivity contribution < 1.29 is 4.79 Å². The Labute approximate surface area is 206 Å². The topological polar surface area (TPSA) is 75.3 Å². The molecule has 1 saturated heterocycles. The van der Waals surface area contributed by atoms with Gasteiger partial charge in [0.15, 0.2) is 5.82 Å². The fraction of sp³-hybridized carbons (Fsp3) is 0.345. The average Bonchev–Trinajstić information content (AvgIpc) is 2.87. The summed E-state index contributed by atoms with van der Waals surface area (Å²) in [6.45, 7) is 10.9. The summed E-state index contributed by atoms with van der Waals surface area (Å²) in [7, 11) is 0. The number of piperazine rings is 1. The van der Waals surface area contributed by atoms with E-state index in [1.54, 1.807) is 0 Å². The number of likely N-dealkylation sites (N-methyl/N-ethyl adjacent to an activating group) is 1. The Hall–Kier alpha value is -3.51. The van der Waals surface area contributed by atoms with E-state index in [9.17, 15) is 4.79 Å². The number of nitrogens with zero attached hydrogens (tertiary/aromatic N) is 4. The van der Waals surface area contributed by atoms with Crippen molar-refractivity contribution >= 4 is 33.5 Å². The molecule has 2 N–H and O–H groups in total. The minimum absolute atomic E-state index is 0.141. The smallest absolute Gasteiger partial charge is 0.253 e. The summed E-state index contributed by atoms with van der Waals surface area (Å²) < 4.78 is 0. The predicted molar refractivity (Wildman–Crippen MR) is 143 cm³/mol. The number of aromatic nitrogens is 2. The molecule has 0 radical (unpaired) electrons. The van der Waals surface area contributed by atoms with Crippen LogP contribution in [0.1, 0.15) is 39.5 Å². The zero-order valence-electron chi connectivity index (χ0n) is 20.8. The van der Waals surface area contributed by atoms with Gasteiger partial charge in [-0.1, -0.05) is 25.1 Å². The van der Waals surface area contributed by atoms with E-state index in [1.807, 2.05) is 23.2 Å². The van der Waals surface area contributed by atoms with E-state index in [1.165, 1.54) is 11.1 Å². The van der Waals surface area contributed by atoms with Crippen LogP contribution in [0.4, 0.5) is 5.82 Å². The zero-order valence-corrected chi connectivity index (χ0v) is 20.8. The highest BCUT2D eigenvalue weighted by Gasteiger charge is 2.21. The Morgan fingerprint density at radius 3 is 2.51 bits per heavy atom. The van der Waals surface area contributed by atoms with Gasteiger partial charge in [0.2, 0.25) is 0 Å². The monoisotopic (exact) mass is 467 g/mol. The quantitative estimate of drug-likeness (QED) is 0.436. The van der Waals surface area contributed by atoms with Crippen LogP contribution in [0.15, 0.2) is 48.7 Å². The molecule has 0 spiro atoms. The van der Waals surface area contributed by atoms with Crippen LogP contribution >= 0.6 is 0 Å². The van der Waals surface area contributed by atoms with Crippen molar-refractivity contribution in [2.45, 2.75) is 33.6 Å². The van der Waals surface area contributed by atoms with Gasteiger partial charge >= 0.3 is 0 Å². The molecule has 1 fully saturated rings. The fourth-order valence-electron chi connectivity index (χ4n) is 5.04. The maximum atomic E-state index is 13.0. The number of pyridine rings is 2. The van der Waals surface area contributed by atoms with Gasteiger partial charge in [-0.05, 0) is 79.8 Å². The fourth-order valence-corrected chi connectivity index (χ4v) is 5.04. The second-order valence-corrected chi connectivity index (χ2v) is 9.63. The molecule has 1 aliphatic heterocycles. The van der Waals surface area contributed by atoms with Gasteiger partial charge in [-0.15, -0.1) is 0 Å². The van der Waals surface area contributed by atoms with Crippen molar-refractivity contribution in [3.63, 3.8) is 0 Å². The number of amides is 1. The van der Waals surface area contributed by atoms with Crippen molar-refractivity contribution in [3.8, 4) is 0 Å². The Balaban J connectivity index is 1.32. The van der Waals surface area contributed by atoms with Gasteiger partial charge in [-0.25, -0.2) is 4.98 Å². The van der Waals surface area contributed by atoms with Crippen LogP contribution in [0.25, 0.3) is 21.8 Å². The third-order valence-electron chi connectivity index (χ3n) is 7.25. The lowest BCUT2D eigenvalue weighted by atomic mass is 9.98. The van der Waals surface area contributed by atoms with E-state index in [4.69, 9.17) is 5.73 Å². The molecule has 0 bridgehead atoms. The molecule has 0 unspecified atom stereocenters. The SMILES string of the molecule is CCN1CCN(C(=O)c2ccc(CCc3cnc4c(N)nc5cc(C)ccc5c4c3)c(C)c2)CC1. The number of nitrogen functional groups attached to an aromatic ring is 1. The first-order chi connectivity index (χ1) is 16.9. The first-order valence-corrected chi connectivity index (χ1v) is 12.5. The van der Waals surface area contributed by atoms with Crippen molar-refractivity contribution in [2.75, 3.05) is 38.5 Å². The van der Waals surface area contributed by atoms with Gasteiger partial charge < -0.3 is 15.5 Å². The van der Waals surface area contributed by atoms with Gasteiger partial charge in [-0.3, -0.25) is 9.78 Å².